The van der Waals surface area contributed by atoms with E-state index in [-0.39, 0.29) is 12.4 Å². The van der Waals surface area contributed by atoms with Crippen LogP contribution in [0, 0.1) is 12.8 Å². The van der Waals surface area contributed by atoms with Gasteiger partial charge in [-0.3, -0.25) is 9.59 Å². The maximum absolute atomic E-state index is 12.2. The molecule has 4 nitrogen and oxygen atoms in total. The summed E-state index contributed by atoms with van der Waals surface area (Å²) in [6.07, 6.45) is 0. The quantitative estimate of drug-likeness (QED) is 0.457. The first-order valence-electron chi connectivity index (χ1n) is 5.87. The summed E-state index contributed by atoms with van der Waals surface area (Å²) in [5.41, 5.74) is 1.28. The molecule has 0 spiro atoms. The molecule has 0 saturated heterocycles. The zero-order valence-electron chi connectivity index (χ0n) is 11.1. The number of methoxy groups -OCH3 is 1. The van der Waals surface area contributed by atoms with Crippen LogP contribution in [0.4, 0.5) is 0 Å². The first-order chi connectivity index (χ1) is 8.52. The molecule has 1 unspecified atom stereocenters. The first kappa shape index (κ1) is 14.2. The molecule has 0 aromatic heterocycles. The van der Waals surface area contributed by atoms with Crippen molar-refractivity contribution in [3.05, 3.63) is 29.3 Å². The SMILES string of the molecule is CCOC(=O)C(C)C(=O)c1cccc(C)c1OC. The monoisotopic (exact) mass is 250 g/mol. The molecule has 1 atom stereocenters. The second kappa shape index (κ2) is 6.19. The van der Waals surface area contributed by atoms with Gasteiger partial charge in [0.1, 0.15) is 11.7 Å². The Morgan fingerprint density at radius 3 is 2.56 bits per heavy atom. The Bertz CT molecular complexity index is 451. The highest BCUT2D eigenvalue weighted by Crippen LogP contribution is 2.25. The number of benzene rings is 1. The van der Waals surface area contributed by atoms with E-state index in [1.807, 2.05) is 13.0 Å². The summed E-state index contributed by atoms with van der Waals surface area (Å²) in [5.74, 6) is -1.10. The average Bonchev–Trinajstić information content (AvgIpc) is 2.37. The van der Waals surface area contributed by atoms with Crippen LogP contribution in [0.1, 0.15) is 29.8 Å². The van der Waals surface area contributed by atoms with E-state index in [0.29, 0.717) is 11.3 Å². The number of ketones is 1. The van der Waals surface area contributed by atoms with Crippen molar-refractivity contribution < 1.29 is 19.1 Å². The highest BCUT2D eigenvalue weighted by molar-refractivity contribution is 6.10. The largest absolute Gasteiger partial charge is 0.496 e. The van der Waals surface area contributed by atoms with Crippen molar-refractivity contribution in [2.45, 2.75) is 20.8 Å². The van der Waals surface area contributed by atoms with Crippen molar-refractivity contribution in [3.8, 4) is 5.75 Å². The maximum atomic E-state index is 12.2. The van der Waals surface area contributed by atoms with Crippen LogP contribution >= 0.6 is 0 Å². The van der Waals surface area contributed by atoms with Crippen molar-refractivity contribution in [2.24, 2.45) is 5.92 Å². The number of Topliss-reactive ketones (excluding diaryl/α,β-unsaturated/α-hetero) is 1. The number of ether oxygens (including phenoxy) is 2. The van der Waals surface area contributed by atoms with E-state index in [2.05, 4.69) is 0 Å². The van der Waals surface area contributed by atoms with E-state index in [1.54, 1.807) is 26.0 Å². The molecule has 98 valence electrons. The van der Waals surface area contributed by atoms with Crippen molar-refractivity contribution in [1.82, 2.24) is 0 Å². The lowest BCUT2D eigenvalue weighted by molar-refractivity contribution is -0.145. The molecule has 1 rings (SSSR count). The molecule has 0 aliphatic heterocycles. The van der Waals surface area contributed by atoms with Crippen LogP contribution in [-0.2, 0) is 9.53 Å². The Morgan fingerprint density at radius 2 is 2.00 bits per heavy atom. The molecular formula is C14H18O4. The van der Waals surface area contributed by atoms with Crippen LogP contribution in [0.3, 0.4) is 0 Å². The molecule has 0 saturated carbocycles. The number of carbonyl (C=O) groups is 2. The van der Waals surface area contributed by atoms with Crippen LogP contribution in [0.2, 0.25) is 0 Å². The first-order valence-corrected chi connectivity index (χ1v) is 5.87. The minimum absolute atomic E-state index is 0.265. The molecule has 0 aliphatic rings. The van der Waals surface area contributed by atoms with Gasteiger partial charge in [-0.1, -0.05) is 12.1 Å². The molecule has 0 radical (unpaired) electrons. The van der Waals surface area contributed by atoms with Crippen LogP contribution < -0.4 is 4.74 Å². The van der Waals surface area contributed by atoms with Gasteiger partial charge in [0.05, 0.1) is 19.3 Å². The van der Waals surface area contributed by atoms with Gasteiger partial charge in [-0.25, -0.2) is 0 Å². The summed E-state index contributed by atoms with van der Waals surface area (Å²) >= 11 is 0. The lowest BCUT2D eigenvalue weighted by Gasteiger charge is -2.13. The van der Waals surface area contributed by atoms with Gasteiger partial charge >= 0.3 is 5.97 Å². The standard InChI is InChI=1S/C14H18O4/c1-5-18-14(16)10(3)12(15)11-8-6-7-9(2)13(11)17-4/h6-8,10H,5H2,1-4H3. The summed E-state index contributed by atoms with van der Waals surface area (Å²) < 4.78 is 10.1. The summed E-state index contributed by atoms with van der Waals surface area (Å²) in [7, 11) is 1.51. The van der Waals surface area contributed by atoms with Gasteiger partial charge in [-0.2, -0.15) is 0 Å². The molecular weight excluding hydrogens is 232 g/mol. The third kappa shape index (κ3) is 2.88. The van der Waals surface area contributed by atoms with E-state index in [0.717, 1.165) is 5.56 Å². The molecule has 1 aromatic carbocycles. The molecule has 0 bridgehead atoms. The van der Waals surface area contributed by atoms with Crippen LogP contribution in [-0.4, -0.2) is 25.5 Å². The Morgan fingerprint density at radius 1 is 1.33 bits per heavy atom. The minimum atomic E-state index is -0.819. The van der Waals surface area contributed by atoms with Crippen LogP contribution in [0.15, 0.2) is 18.2 Å². The third-order valence-corrected chi connectivity index (χ3v) is 2.71. The maximum Gasteiger partial charge on any atom is 0.316 e. The van der Waals surface area contributed by atoms with E-state index < -0.39 is 11.9 Å². The topological polar surface area (TPSA) is 52.6 Å². The lowest BCUT2D eigenvalue weighted by Crippen LogP contribution is -2.24. The fourth-order valence-electron chi connectivity index (χ4n) is 1.72. The molecule has 4 heteroatoms. The van der Waals surface area contributed by atoms with Crippen molar-refractivity contribution in [2.75, 3.05) is 13.7 Å². The second-order valence-corrected chi connectivity index (χ2v) is 3.99. The van der Waals surface area contributed by atoms with Crippen LogP contribution in [0.25, 0.3) is 0 Å². The second-order valence-electron chi connectivity index (χ2n) is 3.99. The van der Waals surface area contributed by atoms with E-state index in [1.165, 1.54) is 7.11 Å². The fraction of sp³-hybridized carbons (Fsp3) is 0.429. The Hall–Kier alpha value is -1.84. The number of aryl methyl sites for hydroxylation is 1. The molecule has 0 heterocycles. The van der Waals surface area contributed by atoms with Gasteiger partial charge < -0.3 is 9.47 Å². The smallest absolute Gasteiger partial charge is 0.316 e. The zero-order chi connectivity index (χ0) is 13.7. The highest BCUT2D eigenvalue weighted by atomic mass is 16.5. The Kier molecular flexibility index (Phi) is 4.89. The van der Waals surface area contributed by atoms with Gasteiger partial charge in [0.15, 0.2) is 5.78 Å². The minimum Gasteiger partial charge on any atom is -0.496 e. The molecule has 0 fully saturated rings. The van der Waals surface area contributed by atoms with E-state index in [4.69, 9.17) is 9.47 Å². The van der Waals surface area contributed by atoms with Gasteiger partial charge in [0, 0.05) is 0 Å². The number of esters is 1. The summed E-state index contributed by atoms with van der Waals surface area (Å²) in [6, 6.07) is 5.28. The number of carbonyl (C=O) groups excluding carboxylic acids is 2. The van der Waals surface area contributed by atoms with Gasteiger partial charge in [0.2, 0.25) is 0 Å². The van der Waals surface area contributed by atoms with Crippen LogP contribution in [0.5, 0.6) is 5.75 Å². The molecule has 1 aromatic rings. The predicted octanol–water partition coefficient (Wildman–Crippen LogP) is 2.39. The molecule has 0 amide bonds. The third-order valence-electron chi connectivity index (χ3n) is 2.71. The number of hydrogen-bond acceptors (Lipinski definition) is 4. The van der Waals surface area contributed by atoms with Gasteiger partial charge in [0.25, 0.3) is 0 Å². The van der Waals surface area contributed by atoms with E-state index >= 15 is 0 Å². The summed E-state index contributed by atoms with van der Waals surface area (Å²) in [5, 5.41) is 0. The Labute approximate surface area is 107 Å². The molecule has 18 heavy (non-hydrogen) atoms. The number of para-hydroxylation sites is 1. The van der Waals surface area contributed by atoms with E-state index in [9.17, 15) is 9.59 Å². The molecule has 0 aliphatic carbocycles. The van der Waals surface area contributed by atoms with Gasteiger partial charge in [-0.05, 0) is 32.4 Å². The zero-order valence-corrected chi connectivity index (χ0v) is 11.1. The van der Waals surface area contributed by atoms with Crippen molar-refractivity contribution in [1.29, 1.82) is 0 Å². The lowest BCUT2D eigenvalue weighted by atomic mass is 9.97. The number of rotatable bonds is 5. The van der Waals surface area contributed by atoms with Gasteiger partial charge in [-0.15, -0.1) is 0 Å². The van der Waals surface area contributed by atoms with Crippen molar-refractivity contribution in [3.63, 3.8) is 0 Å². The van der Waals surface area contributed by atoms with Crippen molar-refractivity contribution >= 4 is 11.8 Å². The number of hydrogen-bond donors (Lipinski definition) is 0. The Balaban J connectivity index is 3.04. The fourth-order valence-corrected chi connectivity index (χ4v) is 1.72. The predicted molar refractivity (Wildman–Crippen MR) is 67.9 cm³/mol. The normalized spacial score (nSPS) is 11.8. The summed E-state index contributed by atoms with van der Waals surface area (Å²) in [6.45, 7) is 5.37. The highest BCUT2D eigenvalue weighted by Gasteiger charge is 2.26. The summed E-state index contributed by atoms with van der Waals surface area (Å²) in [4.78, 5) is 23.8. The average molecular weight is 250 g/mol. The molecule has 0 N–H and O–H groups in total.